The van der Waals surface area contributed by atoms with Crippen molar-refractivity contribution in [2.24, 2.45) is 4.99 Å². The Morgan fingerprint density at radius 3 is 2.35 bits per heavy atom. The van der Waals surface area contributed by atoms with Crippen molar-refractivity contribution in [3.63, 3.8) is 0 Å². The van der Waals surface area contributed by atoms with Crippen LogP contribution in [0.15, 0.2) is 29.4 Å². The summed E-state index contributed by atoms with van der Waals surface area (Å²) in [6.45, 7) is 3.30. The minimum absolute atomic E-state index is 0.515. The van der Waals surface area contributed by atoms with E-state index >= 15 is 0 Å². The Kier molecular flexibility index (Phi) is 6.46. The highest BCUT2D eigenvalue weighted by Crippen LogP contribution is 2.11. The molecule has 1 aromatic heterocycles. The van der Waals surface area contributed by atoms with Crippen LogP contribution >= 0.6 is 11.3 Å². The van der Waals surface area contributed by atoms with E-state index in [0.29, 0.717) is 24.5 Å². The number of guanidine groups is 1. The van der Waals surface area contributed by atoms with Crippen LogP contribution in [0.2, 0.25) is 0 Å². The summed E-state index contributed by atoms with van der Waals surface area (Å²) in [6, 6.07) is 3.55. The molecule has 0 saturated carbocycles. The van der Waals surface area contributed by atoms with Gasteiger partial charge in [0.2, 0.25) is 0 Å². The molecule has 0 radical (unpaired) electrons. The number of aliphatic imine (C=N–C) groups is 1. The monoisotopic (exact) mass is 338 g/mol. The molecule has 0 aliphatic carbocycles. The second-order valence-corrected chi connectivity index (χ2v) is 6.39. The molecule has 0 unspecified atom stereocenters. The molecule has 2 rings (SSSR count). The SMILES string of the molecule is CN=C(NCCc1cc(F)cc(F)c1)NCCc1ncc(C)s1. The molecule has 0 atom stereocenters. The maximum absolute atomic E-state index is 13.1. The zero-order chi connectivity index (χ0) is 16.7. The number of hydrogen-bond donors (Lipinski definition) is 2. The van der Waals surface area contributed by atoms with E-state index in [0.717, 1.165) is 24.0 Å². The third-order valence-corrected chi connectivity index (χ3v) is 4.13. The number of aryl methyl sites for hydroxylation is 1. The predicted octanol–water partition coefficient (Wildman–Crippen LogP) is 2.68. The average Bonchev–Trinajstić information content (AvgIpc) is 2.90. The third kappa shape index (κ3) is 5.94. The number of nitrogens with one attached hydrogen (secondary N) is 2. The van der Waals surface area contributed by atoms with Gasteiger partial charge in [-0.3, -0.25) is 4.99 Å². The first-order valence-corrected chi connectivity index (χ1v) is 8.19. The Bertz CT molecular complexity index is 650. The summed E-state index contributed by atoms with van der Waals surface area (Å²) in [5.74, 6) is -0.447. The van der Waals surface area contributed by atoms with Gasteiger partial charge in [-0.25, -0.2) is 13.8 Å². The van der Waals surface area contributed by atoms with Gasteiger partial charge in [0, 0.05) is 43.7 Å². The molecular formula is C16H20F2N4S. The summed E-state index contributed by atoms with van der Waals surface area (Å²) in [5.41, 5.74) is 0.615. The van der Waals surface area contributed by atoms with Gasteiger partial charge >= 0.3 is 0 Å². The number of benzene rings is 1. The maximum atomic E-state index is 13.1. The van der Waals surface area contributed by atoms with E-state index in [1.807, 2.05) is 13.1 Å². The molecule has 0 saturated heterocycles. The van der Waals surface area contributed by atoms with E-state index in [-0.39, 0.29) is 0 Å². The first-order chi connectivity index (χ1) is 11.1. The normalized spacial score (nSPS) is 11.6. The van der Waals surface area contributed by atoms with Crippen LogP contribution in [0.25, 0.3) is 0 Å². The molecule has 7 heteroatoms. The van der Waals surface area contributed by atoms with Gasteiger partial charge in [-0.05, 0) is 31.0 Å². The van der Waals surface area contributed by atoms with Crippen molar-refractivity contribution < 1.29 is 8.78 Å². The fourth-order valence-electron chi connectivity index (χ4n) is 2.11. The van der Waals surface area contributed by atoms with E-state index in [4.69, 9.17) is 0 Å². The molecule has 124 valence electrons. The Labute approximate surface area is 138 Å². The molecule has 1 aromatic carbocycles. The van der Waals surface area contributed by atoms with Crippen LogP contribution in [0.3, 0.4) is 0 Å². The summed E-state index contributed by atoms with van der Waals surface area (Å²) in [4.78, 5) is 9.62. The van der Waals surface area contributed by atoms with Crippen molar-refractivity contribution in [2.75, 3.05) is 20.1 Å². The second-order valence-electron chi connectivity index (χ2n) is 5.07. The van der Waals surface area contributed by atoms with Crippen molar-refractivity contribution in [3.05, 3.63) is 51.5 Å². The molecule has 0 fully saturated rings. The Balaban J connectivity index is 1.72. The van der Waals surface area contributed by atoms with Crippen LogP contribution in [-0.2, 0) is 12.8 Å². The van der Waals surface area contributed by atoms with Gasteiger partial charge in [0.05, 0.1) is 5.01 Å². The van der Waals surface area contributed by atoms with Gasteiger partial charge in [0.25, 0.3) is 0 Å². The highest BCUT2D eigenvalue weighted by molar-refractivity contribution is 7.11. The van der Waals surface area contributed by atoms with Crippen LogP contribution in [0.4, 0.5) is 8.78 Å². The van der Waals surface area contributed by atoms with E-state index in [1.54, 1.807) is 18.4 Å². The second kappa shape index (κ2) is 8.57. The molecule has 23 heavy (non-hydrogen) atoms. The highest BCUT2D eigenvalue weighted by Gasteiger charge is 2.03. The van der Waals surface area contributed by atoms with Gasteiger partial charge in [-0.2, -0.15) is 0 Å². The average molecular weight is 338 g/mol. The molecule has 2 aromatic rings. The lowest BCUT2D eigenvalue weighted by Gasteiger charge is -2.11. The standard InChI is InChI=1S/C16H20F2N4S/c1-11-10-22-15(23-11)4-6-21-16(19-2)20-5-3-12-7-13(17)9-14(18)8-12/h7-10H,3-6H2,1-2H3,(H2,19,20,21). The molecule has 2 N–H and O–H groups in total. The van der Waals surface area contributed by atoms with Crippen LogP contribution in [0.1, 0.15) is 15.4 Å². The van der Waals surface area contributed by atoms with Gasteiger partial charge in [-0.1, -0.05) is 0 Å². The molecule has 0 aliphatic rings. The van der Waals surface area contributed by atoms with E-state index < -0.39 is 11.6 Å². The predicted molar refractivity (Wildman–Crippen MR) is 90.0 cm³/mol. The number of nitrogens with zero attached hydrogens (tertiary/aromatic N) is 2. The Hall–Kier alpha value is -2.02. The van der Waals surface area contributed by atoms with Gasteiger partial charge in [-0.15, -0.1) is 11.3 Å². The summed E-state index contributed by atoms with van der Waals surface area (Å²) in [7, 11) is 1.69. The smallest absolute Gasteiger partial charge is 0.191 e. The van der Waals surface area contributed by atoms with Gasteiger partial charge in [0.15, 0.2) is 5.96 Å². The zero-order valence-electron chi connectivity index (χ0n) is 13.2. The first-order valence-electron chi connectivity index (χ1n) is 7.37. The molecule has 0 bridgehead atoms. The summed E-state index contributed by atoms with van der Waals surface area (Å²) in [5, 5.41) is 7.40. The van der Waals surface area contributed by atoms with Crippen LogP contribution < -0.4 is 10.6 Å². The lowest BCUT2D eigenvalue weighted by molar-refractivity contribution is 0.579. The summed E-state index contributed by atoms with van der Waals surface area (Å²) < 4.78 is 26.2. The number of aromatic nitrogens is 1. The number of hydrogen-bond acceptors (Lipinski definition) is 3. The van der Waals surface area contributed by atoms with Crippen molar-refractivity contribution in [3.8, 4) is 0 Å². The highest BCUT2D eigenvalue weighted by atomic mass is 32.1. The quantitative estimate of drug-likeness (QED) is 0.629. The largest absolute Gasteiger partial charge is 0.356 e. The zero-order valence-corrected chi connectivity index (χ0v) is 14.0. The fraction of sp³-hybridized carbons (Fsp3) is 0.375. The van der Waals surface area contributed by atoms with Crippen molar-refractivity contribution in [1.82, 2.24) is 15.6 Å². The lowest BCUT2D eigenvalue weighted by Crippen LogP contribution is -2.39. The van der Waals surface area contributed by atoms with E-state index in [9.17, 15) is 8.78 Å². The minimum atomic E-state index is -0.554. The lowest BCUT2D eigenvalue weighted by atomic mass is 10.1. The van der Waals surface area contributed by atoms with Crippen LogP contribution in [0, 0.1) is 18.6 Å². The number of rotatable bonds is 6. The van der Waals surface area contributed by atoms with E-state index in [2.05, 4.69) is 20.6 Å². The minimum Gasteiger partial charge on any atom is -0.356 e. The number of thiazole rings is 1. The fourth-order valence-corrected chi connectivity index (χ4v) is 2.89. The molecule has 0 amide bonds. The Morgan fingerprint density at radius 2 is 1.78 bits per heavy atom. The molecular weight excluding hydrogens is 318 g/mol. The van der Waals surface area contributed by atoms with E-state index in [1.165, 1.54) is 17.0 Å². The summed E-state index contributed by atoms with van der Waals surface area (Å²) >= 11 is 1.68. The van der Waals surface area contributed by atoms with Gasteiger partial charge in [0.1, 0.15) is 11.6 Å². The summed E-state index contributed by atoms with van der Waals surface area (Å²) in [6.07, 6.45) is 3.21. The maximum Gasteiger partial charge on any atom is 0.191 e. The molecule has 0 spiro atoms. The van der Waals surface area contributed by atoms with Crippen molar-refractivity contribution >= 4 is 17.3 Å². The Morgan fingerprint density at radius 1 is 1.13 bits per heavy atom. The van der Waals surface area contributed by atoms with Crippen molar-refractivity contribution in [1.29, 1.82) is 0 Å². The van der Waals surface area contributed by atoms with Crippen LogP contribution in [0.5, 0.6) is 0 Å². The van der Waals surface area contributed by atoms with Crippen LogP contribution in [-0.4, -0.2) is 31.1 Å². The number of halogens is 2. The van der Waals surface area contributed by atoms with Crippen molar-refractivity contribution in [2.45, 2.75) is 19.8 Å². The third-order valence-electron chi connectivity index (χ3n) is 3.15. The molecule has 0 aliphatic heterocycles. The van der Waals surface area contributed by atoms with Gasteiger partial charge < -0.3 is 10.6 Å². The molecule has 4 nitrogen and oxygen atoms in total. The molecule has 1 heterocycles. The topological polar surface area (TPSA) is 49.3 Å². The first kappa shape index (κ1) is 17.3.